The van der Waals surface area contributed by atoms with Crippen LogP contribution in [0, 0.1) is 6.92 Å². The fourth-order valence-electron chi connectivity index (χ4n) is 3.81. The fourth-order valence-corrected chi connectivity index (χ4v) is 3.81. The summed E-state index contributed by atoms with van der Waals surface area (Å²) in [6.45, 7) is 8.74. The molecule has 0 saturated heterocycles. The highest BCUT2D eigenvalue weighted by molar-refractivity contribution is 5.82. The normalized spacial score (nSPS) is 11.5. The highest BCUT2D eigenvalue weighted by Crippen LogP contribution is 2.34. The predicted molar refractivity (Wildman–Crippen MR) is 133 cm³/mol. The molecule has 0 aliphatic carbocycles. The average Bonchev–Trinajstić information content (AvgIpc) is 2.79. The molecule has 3 aromatic carbocycles. The van der Waals surface area contributed by atoms with Gasteiger partial charge in [0.15, 0.2) is 5.82 Å². The largest absolute Gasteiger partial charge is 0.508 e. The van der Waals surface area contributed by atoms with E-state index in [-0.39, 0.29) is 17.2 Å². The summed E-state index contributed by atoms with van der Waals surface area (Å²) in [5.74, 6) is 1.65. The van der Waals surface area contributed by atoms with Crippen molar-refractivity contribution in [3.8, 4) is 22.9 Å². The van der Waals surface area contributed by atoms with Gasteiger partial charge < -0.3 is 9.84 Å². The number of nitrogens with zero attached hydrogens (tertiary/aromatic N) is 3. The SMILES string of the molecule is CCOc1cc(C)c(-c2nc3ccccc3c(=O)n2N=Cc2cccc(O)c2)cc1C(C)C. The topological polar surface area (TPSA) is 76.7 Å². The van der Waals surface area contributed by atoms with Gasteiger partial charge in [-0.15, -0.1) is 0 Å². The van der Waals surface area contributed by atoms with Crippen LogP contribution in [0.3, 0.4) is 0 Å². The van der Waals surface area contributed by atoms with Crippen LogP contribution in [0.5, 0.6) is 11.5 Å². The van der Waals surface area contributed by atoms with E-state index in [1.165, 1.54) is 4.68 Å². The number of phenolic OH excluding ortho intramolecular Hbond substituents is 1. The summed E-state index contributed by atoms with van der Waals surface area (Å²) >= 11 is 0. The van der Waals surface area contributed by atoms with Gasteiger partial charge >= 0.3 is 0 Å². The van der Waals surface area contributed by atoms with E-state index in [1.54, 1.807) is 36.5 Å². The molecule has 0 aliphatic heterocycles. The first-order valence-corrected chi connectivity index (χ1v) is 11.0. The highest BCUT2D eigenvalue weighted by atomic mass is 16.5. The molecule has 1 N–H and O–H groups in total. The summed E-state index contributed by atoms with van der Waals surface area (Å²) in [6.07, 6.45) is 1.55. The second kappa shape index (κ2) is 9.28. The third-order valence-electron chi connectivity index (χ3n) is 5.47. The lowest BCUT2D eigenvalue weighted by Gasteiger charge is -2.18. The monoisotopic (exact) mass is 441 g/mol. The molecular formula is C27H27N3O3. The Balaban J connectivity index is 1.98. The molecule has 0 spiro atoms. The van der Waals surface area contributed by atoms with Crippen molar-refractivity contribution in [2.24, 2.45) is 5.10 Å². The Morgan fingerprint density at radius 3 is 2.64 bits per heavy atom. The van der Waals surface area contributed by atoms with Crippen molar-refractivity contribution >= 4 is 17.1 Å². The molecule has 4 rings (SSSR count). The quantitative estimate of drug-likeness (QED) is 0.402. The van der Waals surface area contributed by atoms with Gasteiger partial charge in [-0.05, 0) is 72.9 Å². The van der Waals surface area contributed by atoms with Gasteiger partial charge in [-0.2, -0.15) is 9.78 Å². The molecule has 0 fully saturated rings. The Hall–Kier alpha value is -3.93. The lowest BCUT2D eigenvalue weighted by molar-refractivity contribution is 0.335. The number of aromatic hydroxyl groups is 1. The first-order valence-electron chi connectivity index (χ1n) is 11.0. The van der Waals surface area contributed by atoms with Crippen LogP contribution in [0.15, 0.2) is 70.6 Å². The van der Waals surface area contributed by atoms with Crippen molar-refractivity contribution in [2.45, 2.75) is 33.6 Å². The molecule has 0 aliphatic rings. The average molecular weight is 442 g/mol. The Kier molecular flexibility index (Phi) is 6.27. The van der Waals surface area contributed by atoms with Crippen LogP contribution in [0.25, 0.3) is 22.3 Å². The van der Waals surface area contributed by atoms with E-state index in [0.29, 0.717) is 28.9 Å². The Morgan fingerprint density at radius 2 is 1.91 bits per heavy atom. The molecule has 0 bridgehead atoms. The van der Waals surface area contributed by atoms with Crippen molar-refractivity contribution in [3.63, 3.8) is 0 Å². The van der Waals surface area contributed by atoms with E-state index < -0.39 is 0 Å². The summed E-state index contributed by atoms with van der Waals surface area (Å²) < 4.78 is 7.20. The number of hydrogen-bond donors (Lipinski definition) is 1. The third kappa shape index (κ3) is 4.51. The van der Waals surface area contributed by atoms with Crippen LogP contribution in [0.2, 0.25) is 0 Å². The Labute approximate surface area is 192 Å². The summed E-state index contributed by atoms with van der Waals surface area (Å²) in [7, 11) is 0. The number of hydrogen-bond acceptors (Lipinski definition) is 5. The van der Waals surface area contributed by atoms with E-state index in [2.05, 4.69) is 18.9 Å². The zero-order chi connectivity index (χ0) is 23.5. The zero-order valence-corrected chi connectivity index (χ0v) is 19.2. The first-order chi connectivity index (χ1) is 15.9. The molecule has 168 valence electrons. The van der Waals surface area contributed by atoms with Gasteiger partial charge in [0.25, 0.3) is 5.56 Å². The predicted octanol–water partition coefficient (Wildman–Crippen LogP) is 5.48. The number of phenols is 1. The highest BCUT2D eigenvalue weighted by Gasteiger charge is 2.18. The number of fused-ring (bicyclic) bond motifs is 1. The maximum atomic E-state index is 13.4. The molecule has 1 heterocycles. The van der Waals surface area contributed by atoms with Crippen molar-refractivity contribution in [1.29, 1.82) is 0 Å². The molecule has 0 radical (unpaired) electrons. The van der Waals surface area contributed by atoms with Crippen LogP contribution in [0.4, 0.5) is 0 Å². The van der Waals surface area contributed by atoms with Gasteiger partial charge in [-0.25, -0.2) is 4.98 Å². The summed E-state index contributed by atoms with van der Waals surface area (Å²) in [5, 5.41) is 14.8. The number of aromatic nitrogens is 2. The molecule has 4 aromatic rings. The zero-order valence-electron chi connectivity index (χ0n) is 19.2. The molecule has 6 heteroatoms. The maximum Gasteiger partial charge on any atom is 0.282 e. The van der Waals surface area contributed by atoms with Crippen LogP contribution in [-0.4, -0.2) is 27.6 Å². The van der Waals surface area contributed by atoms with Gasteiger partial charge in [0.1, 0.15) is 11.5 Å². The van der Waals surface area contributed by atoms with E-state index in [1.807, 2.05) is 44.2 Å². The lowest BCUT2D eigenvalue weighted by Crippen LogP contribution is -2.20. The van der Waals surface area contributed by atoms with Gasteiger partial charge in [-0.1, -0.05) is 38.1 Å². The van der Waals surface area contributed by atoms with E-state index >= 15 is 0 Å². The second-order valence-electron chi connectivity index (χ2n) is 8.20. The molecular weight excluding hydrogens is 414 g/mol. The Bertz CT molecular complexity index is 1400. The van der Waals surface area contributed by atoms with E-state index in [9.17, 15) is 9.90 Å². The number of aryl methyl sites for hydroxylation is 1. The van der Waals surface area contributed by atoms with E-state index in [0.717, 1.165) is 22.4 Å². The molecule has 33 heavy (non-hydrogen) atoms. The number of ether oxygens (including phenoxy) is 1. The summed E-state index contributed by atoms with van der Waals surface area (Å²) in [4.78, 5) is 18.3. The van der Waals surface area contributed by atoms with Crippen LogP contribution in [0.1, 0.15) is 43.4 Å². The molecule has 0 amide bonds. The smallest absolute Gasteiger partial charge is 0.282 e. The fraction of sp³-hybridized carbons (Fsp3) is 0.222. The number of rotatable bonds is 6. The Morgan fingerprint density at radius 1 is 1.12 bits per heavy atom. The van der Waals surface area contributed by atoms with Gasteiger partial charge in [-0.3, -0.25) is 4.79 Å². The number of benzene rings is 3. The first kappa shape index (κ1) is 22.3. The van der Waals surface area contributed by atoms with Crippen molar-refractivity contribution in [1.82, 2.24) is 9.66 Å². The van der Waals surface area contributed by atoms with Crippen molar-refractivity contribution in [2.75, 3.05) is 6.61 Å². The third-order valence-corrected chi connectivity index (χ3v) is 5.47. The summed E-state index contributed by atoms with van der Waals surface area (Å²) in [5.41, 5.74) is 3.83. The lowest BCUT2D eigenvalue weighted by atomic mass is 9.96. The molecule has 0 atom stereocenters. The van der Waals surface area contributed by atoms with Crippen LogP contribution >= 0.6 is 0 Å². The maximum absolute atomic E-state index is 13.4. The minimum Gasteiger partial charge on any atom is -0.508 e. The standard InChI is InChI=1S/C27H27N3O3/c1-5-33-25-13-18(4)23(15-22(25)17(2)3)26-29-24-12-7-6-11-21(24)27(32)30(26)28-16-19-9-8-10-20(31)14-19/h6-17,31H,5H2,1-4H3. The van der Waals surface area contributed by atoms with Crippen LogP contribution in [-0.2, 0) is 0 Å². The van der Waals surface area contributed by atoms with E-state index in [4.69, 9.17) is 9.72 Å². The van der Waals surface area contributed by atoms with Crippen molar-refractivity contribution in [3.05, 3.63) is 87.7 Å². The summed E-state index contributed by atoms with van der Waals surface area (Å²) in [6, 6.07) is 18.0. The molecule has 0 unspecified atom stereocenters. The van der Waals surface area contributed by atoms with Gasteiger partial charge in [0.05, 0.1) is 23.7 Å². The minimum absolute atomic E-state index is 0.132. The van der Waals surface area contributed by atoms with Gasteiger partial charge in [0, 0.05) is 5.56 Å². The molecule has 6 nitrogen and oxygen atoms in total. The van der Waals surface area contributed by atoms with Gasteiger partial charge in [0.2, 0.25) is 0 Å². The minimum atomic E-state index is -0.258. The second-order valence-corrected chi connectivity index (χ2v) is 8.20. The molecule has 0 saturated carbocycles. The van der Waals surface area contributed by atoms with Crippen molar-refractivity contribution < 1.29 is 9.84 Å². The van der Waals surface area contributed by atoms with Crippen LogP contribution < -0.4 is 10.3 Å². The molecule has 1 aromatic heterocycles. The number of para-hydroxylation sites is 1.